The molecule has 0 saturated carbocycles. The first-order chi connectivity index (χ1) is 11.8. The van der Waals surface area contributed by atoms with Crippen molar-refractivity contribution in [2.45, 2.75) is 6.18 Å². The molecule has 0 radical (unpaired) electrons. The summed E-state index contributed by atoms with van der Waals surface area (Å²) in [6.45, 7) is 0. The molecular formula is C14H6F4N6O. The molecule has 0 aliphatic rings. The minimum Gasteiger partial charge on any atom is -0.282 e. The zero-order chi connectivity index (χ0) is 17.8. The van der Waals surface area contributed by atoms with Gasteiger partial charge >= 0.3 is 6.18 Å². The Bertz CT molecular complexity index is 1180. The van der Waals surface area contributed by atoms with Crippen LogP contribution in [0.5, 0.6) is 0 Å². The molecule has 3 aromatic heterocycles. The largest absolute Gasteiger partial charge is 0.453 e. The van der Waals surface area contributed by atoms with Gasteiger partial charge in [0.15, 0.2) is 5.52 Å². The van der Waals surface area contributed by atoms with Crippen LogP contribution in [0.3, 0.4) is 0 Å². The summed E-state index contributed by atoms with van der Waals surface area (Å²) in [5.41, 5.74) is -0.659. The summed E-state index contributed by atoms with van der Waals surface area (Å²) in [5.74, 6) is -2.32. The number of rotatable bonds is 1. The Kier molecular flexibility index (Phi) is 3.07. The number of alkyl halides is 3. The molecule has 4 aromatic rings. The van der Waals surface area contributed by atoms with Crippen molar-refractivity contribution in [2.75, 3.05) is 0 Å². The number of pyridine rings is 1. The van der Waals surface area contributed by atoms with Crippen molar-refractivity contribution >= 4 is 16.8 Å². The van der Waals surface area contributed by atoms with Gasteiger partial charge in [-0.05, 0) is 24.3 Å². The van der Waals surface area contributed by atoms with Crippen LogP contribution in [-0.2, 0) is 6.18 Å². The van der Waals surface area contributed by atoms with Crippen LogP contribution in [-0.4, -0.2) is 29.4 Å². The first-order valence-corrected chi connectivity index (χ1v) is 6.82. The fraction of sp³-hybridized carbons (Fsp3) is 0.0714. The Labute approximate surface area is 135 Å². The van der Waals surface area contributed by atoms with Crippen molar-refractivity contribution in [3.05, 3.63) is 58.5 Å². The van der Waals surface area contributed by atoms with Crippen LogP contribution in [0.15, 0.2) is 41.3 Å². The minimum absolute atomic E-state index is 0.00523. The average Bonchev–Trinajstić information content (AvgIpc) is 3.00. The fourth-order valence-electron chi connectivity index (χ4n) is 2.35. The van der Waals surface area contributed by atoms with E-state index in [2.05, 4.69) is 20.3 Å². The van der Waals surface area contributed by atoms with Crippen molar-refractivity contribution in [1.29, 1.82) is 0 Å². The summed E-state index contributed by atoms with van der Waals surface area (Å²) in [7, 11) is 0. The normalized spacial score (nSPS) is 12.2. The van der Waals surface area contributed by atoms with Crippen molar-refractivity contribution < 1.29 is 17.6 Å². The molecule has 0 unspecified atom stereocenters. The maximum absolute atomic E-state index is 13.3. The molecule has 7 nitrogen and oxygen atoms in total. The Hall–Kier alpha value is -3.37. The molecule has 3 heterocycles. The number of fused-ring (bicyclic) bond motifs is 3. The number of benzene rings is 1. The second kappa shape index (κ2) is 5.06. The lowest BCUT2D eigenvalue weighted by Gasteiger charge is -2.06. The molecular weight excluding hydrogens is 344 g/mol. The van der Waals surface area contributed by atoms with E-state index in [1.807, 2.05) is 0 Å². The molecule has 0 aliphatic heterocycles. The molecule has 126 valence electrons. The molecule has 11 heteroatoms. The maximum atomic E-state index is 13.3. The van der Waals surface area contributed by atoms with Gasteiger partial charge in [-0.3, -0.25) is 9.36 Å². The summed E-state index contributed by atoms with van der Waals surface area (Å²) in [6, 6.07) is 6.60. The lowest BCUT2D eigenvalue weighted by molar-refractivity contribution is -0.144. The highest BCUT2D eigenvalue weighted by atomic mass is 19.4. The zero-order valence-corrected chi connectivity index (χ0v) is 12.1. The summed E-state index contributed by atoms with van der Waals surface area (Å²) >= 11 is 0. The van der Waals surface area contributed by atoms with E-state index in [1.165, 1.54) is 30.5 Å². The predicted octanol–water partition coefficient (Wildman–Crippen LogP) is 1.98. The lowest BCUT2D eigenvalue weighted by atomic mass is 10.3. The van der Waals surface area contributed by atoms with Gasteiger partial charge in [0, 0.05) is 6.20 Å². The number of aromatic nitrogens is 6. The zero-order valence-electron chi connectivity index (χ0n) is 12.1. The number of hydrogen-bond acceptors (Lipinski definition) is 5. The highest BCUT2D eigenvalue weighted by molar-refractivity contribution is 5.74. The van der Waals surface area contributed by atoms with Gasteiger partial charge in [0.05, 0.1) is 5.69 Å². The molecule has 0 N–H and O–H groups in total. The predicted molar refractivity (Wildman–Crippen MR) is 76.6 cm³/mol. The van der Waals surface area contributed by atoms with Crippen LogP contribution in [0.4, 0.5) is 17.6 Å². The van der Waals surface area contributed by atoms with Gasteiger partial charge < -0.3 is 0 Å². The Morgan fingerprint density at radius 1 is 1.08 bits per heavy atom. The van der Waals surface area contributed by atoms with E-state index < -0.39 is 23.4 Å². The minimum atomic E-state index is -4.75. The monoisotopic (exact) mass is 350 g/mol. The van der Waals surface area contributed by atoms with Crippen molar-refractivity contribution in [1.82, 2.24) is 29.4 Å². The summed E-state index contributed by atoms with van der Waals surface area (Å²) in [4.78, 5) is 15.8. The van der Waals surface area contributed by atoms with E-state index in [4.69, 9.17) is 0 Å². The Morgan fingerprint density at radius 2 is 1.88 bits per heavy atom. The van der Waals surface area contributed by atoms with Gasteiger partial charge in [0.1, 0.15) is 11.3 Å². The molecule has 25 heavy (non-hydrogen) atoms. The maximum Gasteiger partial charge on any atom is 0.453 e. The van der Waals surface area contributed by atoms with Gasteiger partial charge in [0.25, 0.3) is 17.2 Å². The standard InChI is InChI=1S/C14H6F4N6O/c15-7-2-1-3-8(6-7)23-5-4-9-10(11(23)25)20-21-13-19-12(14(16,17)18)22-24(9)13/h1-6H. The molecule has 0 spiro atoms. The number of nitrogens with zero attached hydrogens (tertiary/aromatic N) is 6. The van der Waals surface area contributed by atoms with Gasteiger partial charge in [0.2, 0.25) is 0 Å². The summed E-state index contributed by atoms with van der Waals surface area (Å²) in [5, 5.41) is 10.5. The molecule has 1 aromatic carbocycles. The van der Waals surface area contributed by atoms with E-state index in [0.29, 0.717) is 0 Å². The highest BCUT2D eigenvalue weighted by Gasteiger charge is 2.36. The van der Waals surface area contributed by atoms with Crippen LogP contribution in [0.25, 0.3) is 22.5 Å². The van der Waals surface area contributed by atoms with E-state index in [-0.39, 0.29) is 22.5 Å². The van der Waals surface area contributed by atoms with E-state index in [9.17, 15) is 22.4 Å². The van der Waals surface area contributed by atoms with Crippen LogP contribution in [0.2, 0.25) is 0 Å². The fourth-order valence-corrected chi connectivity index (χ4v) is 2.35. The smallest absolute Gasteiger partial charge is 0.282 e. The van der Waals surface area contributed by atoms with Crippen LogP contribution in [0.1, 0.15) is 5.82 Å². The van der Waals surface area contributed by atoms with Gasteiger partial charge in [-0.1, -0.05) is 6.07 Å². The Balaban J connectivity index is 1.99. The van der Waals surface area contributed by atoms with Gasteiger partial charge in [-0.25, -0.2) is 4.39 Å². The Morgan fingerprint density at radius 3 is 2.60 bits per heavy atom. The second-order valence-corrected chi connectivity index (χ2v) is 5.05. The van der Waals surface area contributed by atoms with E-state index in [0.717, 1.165) is 15.1 Å². The SMILES string of the molecule is O=c1c2nnc3nc(C(F)(F)F)nn3c2ccn1-c1cccc(F)c1. The van der Waals surface area contributed by atoms with Crippen molar-refractivity contribution in [2.24, 2.45) is 0 Å². The second-order valence-electron chi connectivity index (χ2n) is 5.05. The number of hydrogen-bond donors (Lipinski definition) is 0. The molecule has 0 saturated heterocycles. The summed E-state index contributed by atoms with van der Waals surface area (Å²) < 4.78 is 53.5. The molecule has 4 rings (SSSR count). The van der Waals surface area contributed by atoms with Crippen LogP contribution < -0.4 is 5.56 Å². The third-order valence-electron chi connectivity index (χ3n) is 3.44. The number of halogens is 4. The quantitative estimate of drug-likeness (QED) is 0.491. The highest BCUT2D eigenvalue weighted by Crippen LogP contribution is 2.26. The first-order valence-electron chi connectivity index (χ1n) is 6.82. The van der Waals surface area contributed by atoms with Crippen molar-refractivity contribution in [3.63, 3.8) is 0 Å². The van der Waals surface area contributed by atoms with E-state index in [1.54, 1.807) is 0 Å². The average molecular weight is 350 g/mol. The molecule has 0 amide bonds. The molecule has 0 atom stereocenters. The molecule has 0 fully saturated rings. The molecule has 0 bridgehead atoms. The van der Waals surface area contributed by atoms with Gasteiger partial charge in [-0.15, -0.1) is 15.3 Å². The third-order valence-corrected chi connectivity index (χ3v) is 3.44. The topological polar surface area (TPSA) is 78.0 Å². The summed E-state index contributed by atoms with van der Waals surface area (Å²) in [6.07, 6.45) is -3.47. The van der Waals surface area contributed by atoms with Crippen molar-refractivity contribution in [3.8, 4) is 5.69 Å². The van der Waals surface area contributed by atoms with Crippen LogP contribution >= 0.6 is 0 Å². The molecule has 0 aliphatic carbocycles. The van der Waals surface area contributed by atoms with E-state index >= 15 is 0 Å². The first kappa shape index (κ1) is 15.2. The van der Waals surface area contributed by atoms with Crippen LogP contribution in [0, 0.1) is 5.82 Å². The van der Waals surface area contributed by atoms with Gasteiger partial charge in [-0.2, -0.15) is 22.7 Å². The lowest BCUT2D eigenvalue weighted by Crippen LogP contribution is -2.20. The third kappa shape index (κ3) is 2.40.